The fourth-order valence-electron chi connectivity index (χ4n) is 4.48. The molecule has 1 aromatic carbocycles. The average molecular weight is 575 g/mol. The van der Waals surface area contributed by atoms with E-state index in [1.54, 1.807) is 24.3 Å². The van der Waals surface area contributed by atoms with Crippen LogP contribution in [0.1, 0.15) is 43.0 Å². The molecule has 1 saturated heterocycles. The van der Waals surface area contributed by atoms with E-state index in [-0.39, 0.29) is 5.91 Å². The summed E-state index contributed by atoms with van der Waals surface area (Å²) in [5.41, 5.74) is 0.625. The van der Waals surface area contributed by atoms with E-state index >= 15 is 0 Å². The first-order valence-corrected chi connectivity index (χ1v) is 13.5. The lowest BCUT2D eigenvalue weighted by atomic mass is 9.94. The minimum Gasteiger partial charge on any atom is -0.475 e. The molecule has 208 valence electrons. The summed E-state index contributed by atoms with van der Waals surface area (Å²) in [4.78, 5) is 40.2. The second-order valence-corrected chi connectivity index (χ2v) is 10.4. The Morgan fingerprint density at radius 1 is 1.00 bits per heavy atom. The highest BCUT2D eigenvalue weighted by atomic mass is 35.5. The molecule has 13 heteroatoms. The molecule has 0 radical (unpaired) electrons. The lowest BCUT2D eigenvalue weighted by molar-refractivity contribution is -0.192. The van der Waals surface area contributed by atoms with Crippen LogP contribution < -0.4 is 10.6 Å². The lowest BCUT2D eigenvalue weighted by Gasteiger charge is -2.41. The number of urea groups is 1. The first kappa shape index (κ1) is 29.7. The Balaban J connectivity index is 0.000000505. The maximum absolute atomic E-state index is 13.4. The van der Waals surface area contributed by atoms with Crippen molar-refractivity contribution in [3.8, 4) is 0 Å². The number of hydrogen-bond acceptors (Lipinski definition) is 5. The van der Waals surface area contributed by atoms with Crippen LogP contribution in [0, 0.1) is 0 Å². The molecule has 0 unspecified atom stereocenters. The number of piperazine rings is 1. The van der Waals surface area contributed by atoms with E-state index in [1.165, 1.54) is 43.4 Å². The second kappa shape index (κ2) is 13.8. The number of carbonyl (C=O) groups excluding carboxylic acids is 2. The van der Waals surface area contributed by atoms with Gasteiger partial charge in [0.05, 0.1) is 0 Å². The van der Waals surface area contributed by atoms with E-state index in [9.17, 15) is 22.8 Å². The van der Waals surface area contributed by atoms with Gasteiger partial charge in [-0.25, -0.2) is 9.59 Å². The highest BCUT2D eigenvalue weighted by Crippen LogP contribution is 2.26. The van der Waals surface area contributed by atoms with Gasteiger partial charge in [0, 0.05) is 47.8 Å². The number of nitrogens with one attached hydrogen (secondary N) is 2. The maximum Gasteiger partial charge on any atom is 0.490 e. The second-order valence-electron chi connectivity index (χ2n) is 9.01. The molecule has 0 spiro atoms. The number of nitrogens with zero attached hydrogens (tertiary/aromatic N) is 2. The van der Waals surface area contributed by atoms with Crippen LogP contribution in [0.4, 0.5) is 23.7 Å². The van der Waals surface area contributed by atoms with Crippen molar-refractivity contribution in [2.24, 2.45) is 0 Å². The molecule has 3 amide bonds. The minimum absolute atomic E-state index is 0.0444. The fourth-order valence-corrected chi connectivity index (χ4v) is 5.37. The first-order chi connectivity index (χ1) is 18.0. The number of carboxylic acid groups (broad SMARTS) is 1. The molecule has 2 fully saturated rings. The van der Waals surface area contributed by atoms with Gasteiger partial charge in [-0.3, -0.25) is 9.69 Å². The van der Waals surface area contributed by atoms with E-state index in [0.29, 0.717) is 29.8 Å². The Morgan fingerprint density at radius 3 is 2.13 bits per heavy atom. The molecule has 1 aliphatic heterocycles. The molecule has 1 saturated carbocycles. The van der Waals surface area contributed by atoms with Crippen molar-refractivity contribution < 1.29 is 32.7 Å². The van der Waals surface area contributed by atoms with Crippen LogP contribution in [0.15, 0.2) is 41.8 Å². The molecule has 2 aromatic rings. The fraction of sp³-hybridized carbons (Fsp3) is 0.480. The number of alkyl halides is 3. The summed E-state index contributed by atoms with van der Waals surface area (Å²) in [5.74, 6) is -2.80. The van der Waals surface area contributed by atoms with Gasteiger partial charge >= 0.3 is 18.2 Å². The summed E-state index contributed by atoms with van der Waals surface area (Å²) in [6.07, 6.45) is 1.45. The zero-order valence-electron chi connectivity index (χ0n) is 20.5. The molecule has 1 aromatic heterocycles. The molecule has 0 bridgehead atoms. The average Bonchev–Trinajstić information content (AvgIpc) is 3.43. The quantitative estimate of drug-likeness (QED) is 0.445. The van der Waals surface area contributed by atoms with Crippen molar-refractivity contribution in [2.75, 3.05) is 31.5 Å². The van der Waals surface area contributed by atoms with E-state index in [2.05, 4.69) is 15.5 Å². The SMILES string of the molecule is O=C(Nc1ccc(Cl)cc1)N[C@@H](C(=O)N1CCN(C2CCCCC2)CC1)c1cccs1.O=C(O)C(F)(F)F. The Labute approximate surface area is 227 Å². The van der Waals surface area contributed by atoms with Crippen LogP contribution in [0.3, 0.4) is 0 Å². The van der Waals surface area contributed by atoms with Crippen molar-refractivity contribution in [1.29, 1.82) is 0 Å². The van der Waals surface area contributed by atoms with Crippen LogP contribution in [0.5, 0.6) is 0 Å². The smallest absolute Gasteiger partial charge is 0.475 e. The molecule has 2 heterocycles. The molecule has 3 N–H and O–H groups in total. The van der Waals surface area contributed by atoms with Crippen LogP contribution in [0.25, 0.3) is 0 Å². The number of carboxylic acids is 1. The number of hydrogen-bond donors (Lipinski definition) is 3. The van der Waals surface area contributed by atoms with Gasteiger partial charge in [-0.2, -0.15) is 13.2 Å². The summed E-state index contributed by atoms with van der Waals surface area (Å²) in [5, 5.41) is 15.3. The Hall–Kier alpha value is -2.83. The predicted molar refractivity (Wildman–Crippen MR) is 139 cm³/mol. The monoisotopic (exact) mass is 574 g/mol. The third-order valence-electron chi connectivity index (χ3n) is 6.41. The maximum atomic E-state index is 13.4. The summed E-state index contributed by atoms with van der Waals surface area (Å²) in [6.45, 7) is 3.23. The first-order valence-electron chi connectivity index (χ1n) is 12.2. The van der Waals surface area contributed by atoms with Gasteiger partial charge in [0.25, 0.3) is 5.91 Å². The Bertz CT molecular complexity index is 1060. The summed E-state index contributed by atoms with van der Waals surface area (Å²) in [7, 11) is 0. The van der Waals surface area contributed by atoms with E-state index in [1.807, 2.05) is 22.4 Å². The van der Waals surface area contributed by atoms with Crippen molar-refractivity contribution in [3.63, 3.8) is 0 Å². The van der Waals surface area contributed by atoms with E-state index in [4.69, 9.17) is 21.5 Å². The topological polar surface area (TPSA) is 102 Å². The van der Waals surface area contributed by atoms with Crippen LogP contribution in [-0.2, 0) is 9.59 Å². The van der Waals surface area contributed by atoms with Crippen LogP contribution >= 0.6 is 22.9 Å². The lowest BCUT2D eigenvalue weighted by Crippen LogP contribution is -2.54. The van der Waals surface area contributed by atoms with Gasteiger partial charge < -0.3 is 20.6 Å². The number of benzene rings is 1. The highest BCUT2D eigenvalue weighted by Gasteiger charge is 2.38. The van der Waals surface area contributed by atoms with Gasteiger partial charge in [-0.1, -0.05) is 36.9 Å². The number of thiophene rings is 1. The number of amides is 3. The van der Waals surface area contributed by atoms with Crippen molar-refractivity contribution in [1.82, 2.24) is 15.1 Å². The van der Waals surface area contributed by atoms with Gasteiger partial charge in [0.2, 0.25) is 0 Å². The number of carbonyl (C=O) groups is 3. The predicted octanol–water partition coefficient (Wildman–Crippen LogP) is 5.37. The van der Waals surface area contributed by atoms with Crippen LogP contribution in [-0.4, -0.2) is 71.2 Å². The molecule has 2 aliphatic rings. The van der Waals surface area contributed by atoms with Crippen LogP contribution in [0.2, 0.25) is 5.02 Å². The molecular formula is C25H30ClF3N4O4S. The van der Waals surface area contributed by atoms with Gasteiger partial charge in [0.15, 0.2) is 0 Å². The third kappa shape index (κ3) is 8.88. The Morgan fingerprint density at radius 2 is 1.61 bits per heavy atom. The molecule has 38 heavy (non-hydrogen) atoms. The number of anilines is 1. The molecule has 4 rings (SSSR count). The summed E-state index contributed by atoms with van der Waals surface area (Å²) in [6, 6.07) is 10.3. The summed E-state index contributed by atoms with van der Waals surface area (Å²) < 4.78 is 31.7. The number of aliphatic carboxylic acids is 1. The zero-order chi connectivity index (χ0) is 27.7. The zero-order valence-corrected chi connectivity index (χ0v) is 22.1. The summed E-state index contributed by atoms with van der Waals surface area (Å²) >= 11 is 7.39. The standard InChI is InChI=1S/C23H29ClN4O2S.C2HF3O2/c24-17-8-10-18(11-9-17)25-23(30)26-21(20-7-4-16-31-20)22(29)28-14-12-27(13-15-28)19-5-2-1-3-6-19;3-2(4,5)1(6)7/h4,7-11,16,19,21H,1-3,5-6,12-15H2,(H2,25,26,30);(H,6,7)/t21-;/m1./s1. The normalized spacial score (nSPS) is 17.6. The molecular weight excluding hydrogens is 545 g/mol. The van der Waals surface area contributed by atoms with Gasteiger partial charge in [-0.05, 0) is 48.6 Å². The number of rotatable bonds is 5. The minimum atomic E-state index is -5.08. The van der Waals surface area contributed by atoms with Crippen molar-refractivity contribution >= 4 is 46.5 Å². The van der Waals surface area contributed by atoms with Gasteiger partial charge in [0.1, 0.15) is 6.04 Å². The molecule has 1 aliphatic carbocycles. The number of halogens is 4. The van der Waals surface area contributed by atoms with E-state index in [0.717, 1.165) is 18.0 Å². The van der Waals surface area contributed by atoms with E-state index < -0.39 is 24.2 Å². The molecule has 8 nitrogen and oxygen atoms in total. The Kier molecular flexibility index (Phi) is 10.8. The van der Waals surface area contributed by atoms with Gasteiger partial charge in [-0.15, -0.1) is 11.3 Å². The third-order valence-corrected chi connectivity index (χ3v) is 7.60. The van der Waals surface area contributed by atoms with Crippen molar-refractivity contribution in [2.45, 2.75) is 50.4 Å². The van der Waals surface area contributed by atoms with Crippen molar-refractivity contribution in [3.05, 3.63) is 51.7 Å². The largest absolute Gasteiger partial charge is 0.490 e. The highest BCUT2D eigenvalue weighted by molar-refractivity contribution is 7.10. The molecule has 1 atom stereocenters.